The Bertz CT molecular complexity index is 503. The fourth-order valence-electron chi connectivity index (χ4n) is 1.48. The summed E-state index contributed by atoms with van der Waals surface area (Å²) in [6, 6.07) is 4.27. The minimum Gasteiger partial charge on any atom is -0.355 e. The molecule has 2 N–H and O–H groups in total. The average molecular weight is 320 g/mol. The molecule has 0 saturated carbocycles. The van der Waals surface area contributed by atoms with Crippen molar-refractivity contribution < 1.29 is 22.8 Å². The predicted octanol–water partition coefficient (Wildman–Crippen LogP) is 2.55. The maximum Gasteiger partial charge on any atom is 0.446 e. The van der Waals surface area contributed by atoms with Gasteiger partial charge in [-0.25, -0.2) is 0 Å². The largest absolute Gasteiger partial charge is 0.446 e. The maximum atomic E-state index is 12.2. The third kappa shape index (κ3) is 6.07. The van der Waals surface area contributed by atoms with Gasteiger partial charge in [0.25, 0.3) is 5.91 Å². The van der Waals surface area contributed by atoms with Gasteiger partial charge in [0, 0.05) is 17.0 Å². The fraction of sp³-hybridized carbons (Fsp3) is 0.385. The van der Waals surface area contributed by atoms with Crippen LogP contribution in [0.5, 0.6) is 0 Å². The average Bonchev–Trinajstić information content (AvgIpc) is 2.37. The monoisotopic (exact) mass is 320 g/mol. The second kappa shape index (κ2) is 7.35. The van der Waals surface area contributed by atoms with E-state index in [0.29, 0.717) is 6.54 Å². The highest BCUT2D eigenvalue weighted by Crippen LogP contribution is 2.36. The molecule has 4 nitrogen and oxygen atoms in total. The van der Waals surface area contributed by atoms with Crippen molar-refractivity contribution in [3.05, 3.63) is 29.8 Å². The zero-order chi connectivity index (χ0) is 16.0. The van der Waals surface area contributed by atoms with E-state index in [1.807, 2.05) is 0 Å². The summed E-state index contributed by atoms with van der Waals surface area (Å²) in [5.41, 5.74) is -4.17. The molecular weight excluding hydrogens is 305 g/mol. The molecule has 1 atom stereocenters. The number of alkyl halides is 3. The van der Waals surface area contributed by atoms with Gasteiger partial charge in [0.15, 0.2) is 0 Å². The molecule has 0 spiro atoms. The highest BCUT2D eigenvalue weighted by molar-refractivity contribution is 8.00. The third-order valence-corrected chi connectivity index (χ3v) is 3.18. The molecule has 2 amide bonds. The zero-order valence-electron chi connectivity index (χ0n) is 11.5. The molecule has 0 saturated heterocycles. The van der Waals surface area contributed by atoms with Gasteiger partial charge in [-0.2, -0.15) is 13.2 Å². The van der Waals surface area contributed by atoms with Crippen molar-refractivity contribution in [3.63, 3.8) is 0 Å². The summed E-state index contributed by atoms with van der Waals surface area (Å²) in [6.07, 6.45) is 0. The van der Waals surface area contributed by atoms with Crippen molar-refractivity contribution in [1.29, 1.82) is 0 Å². The van der Waals surface area contributed by atoms with Gasteiger partial charge in [-0.3, -0.25) is 9.59 Å². The van der Waals surface area contributed by atoms with Crippen LogP contribution in [0.1, 0.15) is 24.2 Å². The number of likely N-dealkylation sites (N-methyl/N-ethyl adjacent to an activating group) is 1. The van der Waals surface area contributed by atoms with Gasteiger partial charge in [-0.15, -0.1) is 0 Å². The summed E-state index contributed by atoms with van der Waals surface area (Å²) in [4.78, 5) is 23.3. The molecule has 0 aromatic heterocycles. The summed E-state index contributed by atoms with van der Waals surface area (Å²) in [7, 11) is 0. The van der Waals surface area contributed by atoms with E-state index in [1.165, 1.54) is 31.2 Å². The Morgan fingerprint density at radius 1 is 1.24 bits per heavy atom. The molecule has 8 heteroatoms. The van der Waals surface area contributed by atoms with E-state index in [0.717, 1.165) is 0 Å². The molecule has 0 aliphatic rings. The second-order valence-corrected chi connectivity index (χ2v) is 5.30. The zero-order valence-corrected chi connectivity index (χ0v) is 12.3. The standard InChI is InChI=1S/C13H15F3N2O2S/c1-3-17-11(19)8(2)18-12(20)9-4-6-10(7-5-9)21-13(14,15)16/h4-8H,3H2,1-2H3,(H,17,19)(H,18,20)/t8-/m1/s1. The topological polar surface area (TPSA) is 58.2 Å². The molecule has 0 bridgehead atoms. The molecule has 0 radical (unpaired) electrons. The van der Waals surface area contributed by atoms with Gasteiger partial charge in [0.1, 0.15) is 6.04 Å². The van der Waals surface area contributed by atoms with Crippen LogP contribution in [0.25, 0.3) is 0 Å². The maximum absolute atomic E-state index is 12.2. The second-order valence-electron chi connectivity index (χ2n) is 4.16. The van der Waals surface area contributed by atoms with Crippen LogP contribution >= 0.6 is 11.8 Å². The molecule has 0 aliphatic carbocycles. The van der Waals surface area contributed by atoms with Gasteiger partial charge in [0.2, 0.25) is 5.91 Å². The first-order chi connectivity index (χ1) is 9.73. The first kappa shape index (κ1) is 17.4. The van der Waals surface area contributed by atoms with E-state index in [4.69, 9.17) is 0 Å². The number of benzene rings is 1. The molecule has 1 rings (SSSR count). The Balaban J connectivity index is 2.65. The number of amides is 2. The van der Waals surface area contributed by atoms with Crippen molar-refractivity contribution in [2.24, 2.45) is 0 Å². The number of carbonyl (C=O) groups is 2. The molecular formula is C13H15F3N2O2S. The number of hydrogen-bond donors (Lipinski definition) is 2. The van der Waals surface area contributed by atoms with E-state index < -0.39 is 17.5 Å². The predicted molar refractivity (Wildman–Crippen MR) is 74.0 cm³/mol. The number of rotatable bonds is 5. The lowest BCUT2D eigenvalue weighted by Crippen LogP contribution is -2.44. The van der Waals surface area contributed by atoms with Crippen LogP contribution in [0.2, 0.25) is 0 Å². The first-order valence-electron chi connectivity index (χ1n) is 6.17. The van der Waals surface area contributed by atoms with Gasteiger partial charge < -0.3 is 10.6 Å². The minimum absolute atomic E-state index is 0.00387. The molecule has 1 aromatic carbocycles. The third-order valence-electron chi connectivity index (χ3n) is 2.44. The SMILES string of the molecule is CCNC(=O)[C@@H](C)NC(=O)c1ccc(SC(F)(F)F)cc1. The van der Waals surface area contributed by atoms with E-state index in [2.05, 4.69) is 10.6 Å². The van der Waals surface area contributed by atoms with Crippen LogP contribution in [0, 0.1) is 0 Å². The Morgan fingerprint density at radius 3 is 2.29 bits per heavy atom. The lowest BCUT2D eigenvalue weighted by Gasteiger charge is -2.13. The van der Waals surface area contributed by atoms with Crippen molar-refractivity contribution >= 4 is 23.6 Å². The highest BCUT2D eigenvalue weighted by atomic mass is 32.2. The highest BCUT2D eigenvalue weighted by Gasteiger charge is 2.29. The molecule has 116 valence electrons. The number of carbonyl (C=O) groups excluding carboxylic acids is 2. The van der Waals surface area contributed by atoms with Crippen LogP contribution < -0.4 is 10.6 Å². The number of halogens is 3. The van der Waals surface area contributed by atoms with Gasteiger partial charge in [-0.05, 0) is 49.9 Å². The number of nitrogens with one attached hydrogen (secondary N) is 2. The van der Waals surface area contributed by atoms with Crippen LogP contribution in [-0.2, 0) is 4.79 Å². The van der Waals surface area contributed by atoms with E-state index in [-0.39, 0.29) is 28.1 Å². The Morgan fingerprint density at radius 2 is 1.81 bits per heavy atom. The Hall–Kier alpha value is -1.70. The van der Waals surface area contributed by atoms with Crippen molar-refractivity contribution in [2.45, 2.75) is 30.3 Å². The molecule has 0 aliphatic heterocycles. The Kier molecular flexibility index (Phi) is 6.07. The van der Waals surface area contributed by atoms with Crippen molar-refractivity contribution in [3.8, 4) is 0 Å². The lowest BCUT2D eigenvalue weighted by atomic mass is 10.2. The lowest BCUT2D eigenvalue weighted by molar-refractivity contribution is -0.122. The summed E-state index contributed by atoms with van der Waals surface area (Å²) >= 11 is -0.249. The number of thioether (sulfide) groups is 1. The summed E-state index contributed by atoms with van der Waals surface area (Å²) in [5.74, 6) is -0.840. The smallest absolute Gasteiger partial charge is 0.355 e. The number of hydrogen-bond acceptors (Lipinski definition) is 3. The van der Waals surface area contributed by atoms with Crippen molar-refractivity contribution in [2.75, 3.05) is 6.54 Å². The summed E-state index contributed by atoms with van der Waals surface area (Å²) < 4.78 is 36.5. The van der Waals surface area contributed by atoms with E-state index in [1.54, 1.807) is 6.92 Å². The molecule has 0 unspecified atom stereocenters. The Labute approximate surface area is 124 Å². The molecule has 0 fully saturated rings. The fourth-order valence-corrected chi connectivity index (χ4v) is 2.02. The minimum atomic E-state index is -4.36. The molecule has 21 heavy (non-hydrogen) atoms. The van der Waals surface area contributed by atoms with E-state index >= 15 is 0 Å². The van der Waals surface area contributed by atoms with Gasteiger partial charge in [-0.1, -0.05) is 0 Å². The van der Waals surface area contributed by atoms with Crippen LogP contribution in [0.4, 0.5) is 13.2 Å². The molecule has 1 aromatic rings. The van der Waals surface area contributed by atoms with Crippen LogP contribution in [0.3, 0.4) is 0 Å². The van der Waals surface area contributed by atoms with Crippen molar-refractivity contribution in [1.82, 2.24) is 10.6 Å². The first-order valence-corrected chi connectivity index (χ1v) is 6.99. The molecule has 0 heterocycles. The summed E-state index contributed by atoms with van der Waals surface area (Å²) in [6.45, 7) is 3.72. The van der Waals surface area contributed by atoms with E-state index in [9.17, 15) is 22.8 Å². The quantitative estimate of drug-likeness (QED) is 0.820. The normalized spacial score (nSPS) is 12.6. The van der Waals surface area contributed by atoms with Gasteiger partial charge in [0.05, 0.1) is 0 Å². The van der Waals surface area contributed by atoms with Crippen LogP contribution in [0.15, 0.2) is 29.2 Å². The van der Waals surface area contributed by atoms with Gasteiger partial charge >= 0.3 is 5.51 Å². The van der Waals surface area contributed by atoms with Crippen LogP contribution in [-0.4, -0.2) is 29.9 Å². The summed E-state index contributed by atoms with van der Waals surface area (Å²) in [5, 5.41) is 5.02.